The first-order chi connectivity index (χ1) is 11.4. The Bertz CT molecular complexity index is 747. The third-order valence-corrected chi connectivity index (χ3v) is 3.65. The van der Waals surface area contributed by atoms with E-state index in [0.29, 0.717) is 16.7 Å². The molecule has 0 radical (unpaired) electrons. The van der Waals surface area contributed by atoms with Gasteiger partial charge in [-0.1, -0.05) is 29.8 Å². The van der Waals surface area contributed by atoms with Crippen LogP contribution in [0, 0.1) is 11.6 Å². The van der Waals surface area contributed by atoms with E-state index in [9.17, 15) is 18.4 Å². The third kappa shape index (κ3) is 4.52. The number of amides is 1. The van der Waals surface area contributed by atoms with Crippen LogP contribution in [0.1, 0.15) is 28.4 Å². The Morgan fingerprint density at radius 2 is 1.79 bits per heavy atom. The predicted molar refractivity (Wildman–Crippen MR) is 84.7 cm³/mol. The monoisotopic (exact) mass is 353 g/mol. The van der Waals surface area contributed by atoms with Crippen molar-refractivity contribution in [2.45, 2.75) is 12.5 Å². The van der Waals surface area contributed by atoms with Crippen LogP contribution in [-0.2, 0) is 9.53 Å². The maximum absolute atomic E-state index is 13.3. The Balaban J connectivity index is 2.29. The largest absolute Gasteiger partial charge is 0.469 e. The second-order valence-corrected chi connectivity index (χ2v) is 5.39. The first-order valence-corrected chi connectivity index (χ1v) is 7.36. The van der Waals surface area contributed by atoms with Gasteiger partial charge in [0.15, 0.2) is 0 Å². The SMILES string of the molecule is COC(=O)CC(NC(=O)c1cc(F)cc(F)c1)c1ccccc1Cl. The number of esters is 1. The molecule has 1 N–H and O–H groups in total. The van der Waals surface area contributed by atoms with E-state index in [4.69, 9.17) is 11.6 Å². The molecule has 0 spiro atoms. The highest BCUT2D eigenvalue weighted by Crippen LogP contribution is 2.26. The maximum Gasteiger partial charge on any atom is 0.307 e. The van der Waals surface area contributed by atoms with E-state index in [0.717, 1.165) is 12.1 Å². The summed E-state index contributed by atoms with van der Waals surface area (Å²) in [5, 5.41) is 2.90. The molecule has 126 valence electrons. The number of rotatable bonds is 5. The summed E-state index contributed by atoms with van der Waals surface area (Å²) in [7, 11) is 1.22. The number of nitrogens with one attached hydrogen (secondary N) is 1. The Hall–Kier alpha value is -2.47. The first-order valence-electron chi connectivity index (χ1n) is 6.99. The molecule has 24 heavy (non-hydrogen) atoms. The molecule has 2 rings (SSSR count). The molecule has 0 saturated heterocycles. The zero-order valence-corrected chi connectivity index (χ0v) is 13.4. The van der Waals surface area contributed by atoms with Gasteiger partial charge in [0, 0.05) is 16.7 Å². The quantitative estimate of drug-likeness (QED) is 0.835. The molecule has 0 bridgehead atoms. The van der Waals surface area contributed by atoms with Crippen LogP contribution in [-0.4, -0.2) is 19.0 Å². The van der Waals surface area contributed by atoms with Crippen LogP contribution in [0.25, 0.3) is 0 Å². The van der Waals surface area contributed by atoms with E-state index in [1.165, 1.54) is 7.11 Å². The summed E-state index contributed by atoms with van der Waals surface area (Å²) >= 11 is 6.10. The molecule has 2 aromatic rings. The van der Waals surface area contributed by atoms with E-state index in [1.807, 2.05) is 0 Å². The van der Waals surface area contributed by atoms with Crippen LogP contribution in [0.5, 0.6) is 0 Å². The molecule has 7 heteroatoms. The molecule has 0 fully saturated rings. The van der Waals surface area contributed by atoms with Gasteiger partial charge in [-0.25, -0.2) is 8.78 Å². The van der Waals surface area contributed by atoms with Gasteiger partial charge in [-0.05, 0) is 23.8 Å². The van der Waals surface area contributed by atoms with Gasteiger partial charge in [0.25, 0.3) is 5.91 Å². The third-order valence-electron chi connectivity index (χ3n) is 3.31. The van der Waals surface area contributed by atoms with E-state index < -0.39 is 29.6 Å². The van der Waals surface area contributed by atoms with Crippen LogP contribution in [0.4, 0.5) is 8.78 Å². The van der Waals surface area contributed by atoms with Crippen LogP contribution >= 0.6 is 11.6 Å². The summed E-state index contributed by atoms with van der Waals surface area (Å²) in [5.74, 6) is -3.04. The molecule has 0 saturated carbocycles. The number of carbonyl (C=O) groups is 2. The zero-order chi connectivity index (χ0) is 17.7. The fourth-order valence-corrected chi connectivity index (χ4v) is 2.44. The number of benzene rings is 2. The molecule has 1 amide bonds. The predicted octanol–water partition coefficient (Wildman–Crippen LogP) is 3.65. The van der Waals surface area contributed by atoms with Crippen LogP contribution in [0.2, 0.25) is 5.02 Å². The van der Waals surface area contributed by atoms with Crippen molar-refractivity contribution in [1.29, 1.82) is 0 Å². The van der Waals surface area contributed by atoms with Crippen molar-refractivity contribution in [3.63, 3.8) is 0 Å². The van der Waals surface area contributed by atoms with Crippen molar-refractivity contribution in [3.8, 4) is 0 Å². The molecule has 0 aromatic heterocycles. The molecule has 0 aliphatic heterocycles. The van der Waals surface area contributed by atoms with Crippen molar-refractivity contribution in [1.82, 2.24) is 5.32 Å². The Labute approximate surface area is 142 Å². The normalized spacial score (nSPS) is 11.7. The summed E-state index contributed by atoms with van der Waals surface area (Å²) < 4.78 is 31.1. The average molecular weight is 354 g/mol. The highest BCUT2D eigenvalue weighted by Gasteiger charge is 2.22. The van der Waals surface area contributed by atoms with Crippen LogP contribution < -0.4 is 5.32 Å². The summed E-state index contributed by atoms with van der Waals surface area (Å²) in [4.78, 5) is 23.9. The minimum absolute atomic E-state index is 0.177. The smallest absolute Gasteiger partial charge is 0.307 e. The fraction of sp³-hybridized carbons (Fsp3) is 0.176. The molecule has 2 aromatic carbocycles. The topological polar surface area (TPSA) is 55.4 Å². The minimum atomic E-state index is -0.873. The zero-order valence-electron chi connectivity index (χ0n) is 12.7. The highest BCUT2D eigenvalue weighted by molar-refractivity contribution is 6.31. The van der Waals surface area contributed by atoms with Gasteiger partial charge >= 0.3 is 5.97 Å². The summed E-state index contributed by atoms with van der Waals surface area (Å²) in [6.07, 6.45) is -0.177. The lowest BCUT2D eigenvalue weighted by molar-refractivity contribution is -0.141. The molecule has 0 aliphatic carbocycles. The van der Waals surface area contributed by atoms with E-state index in [2.05, 4.69) is 10.1 Å². The molecule has 0 aliphatic rings. The number of hydrogen-bond donors (Lipinski definition) is 1. The number of carbonyl (C=O) groups excluding carboxylic acids is 2. The van der Waals surface area contributed by atoms with Crippen molar-refractivity contribution in [3.05, 3.63) is 70.2 Å². The Morgan fingerprint density at radius 1 is 1.17 bits per heavy atom. The van der Waals surface area contributed by atoms with Gasteiger partial charge in [0.2, 0.25) is 0 Å². The molecule has 0 heterocycles. The van der Waals surface area contributed by atoms with Gasteiger partial charge in [-0.15, -0.1) is 0 Å². The Kier molecular flexibility index (Phi) is 5.87. The molecule has 1 unspecified atom stereocenters. The van der Waals surface area contributed by atoms with Crippen molar-refractivity contribution < 1.29 is 23.1 Å². The van der Waals surface area contributed by atoms with E-state index in [-0.39, 0.29) is 12.0 Å². The highest BCUT2D eigenvalue weighted by atomic mass is 35.5. The lowest BCUT2D eigenvalue weighted by Crippen LogP contribution is -2.30. The summed E-state index contributed by atoms with van der Waals surface area (Å²) in [5.41, 5.74) is 0.296. The lowest BCUT2D eigenvalue weighted by atomic mass is 10.0. The standard InChI is InChI=1S/C17H14ClF2NO3/c1-24-16(22)9-15(13-4-2-3-5-14(13)18)21-17(23)10-6-11(19)8-12(20)7-10/h2-8,15H,9H2,1H3,(H,21,23). The molecular weight excluding hydrogens is 340 g/mol. The first kappa shape index (κ1) is 17.9. The number of hydrogen-bond acceptors (Lipinski definition) is 3. The number of halogens is 3. The van der Waals surface area contributed by atoms with Crippen molar-refractivity contribution in [2.24, 2.45) is 0 Å². The molecule has 4 nitrogen and oxygen atoms in total. The average Bonchev–Trinajstić information content (AvgIpc) is 2.53. The molecule has 1 atom stereocenters. The summed E-state index contributed by atoms with van der Waals surface area (Å²) in [6.45, 7) is 0. The van der Waals surface area contributed by atoms with Crippen LogP contribution in [0.15, 0.2) is 42.5 Å². The summed E-state index contributed by atoms with van der Waals surface area (Å²) in [6, 6.07) is 8.31. The Morgan fingerprint density at radius 3 is 2.38 bits per heavy atom. The number of ether oxygens (including phenoxy) is 1. The van der Waals surface area contributed by atoms with Gasteiger partial charge in [-0.3, -0.25) is 9.59 Å². The van der Waals surface area contributed by atoms with Crippen molar-refractivity contribution >= 4 is 23.5 Å². The van der Waals surface area contributed by atoms with Gasteiger partial charge in [-0.2, -0.15) is 0 Å². The van der Waals surface area contributed by atoms with Gasteiger partial charge in [0.1, 0.15) is 11.6 Å². The maximum atomic E-state index is 13.3. The second-order valence-electron chi connectivity index (χ2n) is 4.99. The molecular formula is C17H14ClF2NO3. The second kappa shape index (κ2) is 7.88. The van der Waals surface area contributed by atoms with E-state index in [1.54, 1.807) is 24.3 Å². The number of methoxy groups -OCH3 is 1. The van der Waals surface area contributed by atoms with Crippen LogP contribution in [0.3, 0.4) is 0 Å². The van der Waals surface area contributed by atoms with Gasteiger partial charge < -0.3 is 10.1 Å². The van der Waals surface area contributed by atoms with Crippen molar-refractivity contribution in [2.75, 3.05) is 7.11 Å². The van der Waals surface area contributed by atoms with Gasteiger partial charge in [0.05, 0.1) is 19.6 Å². The minimum Gasteiger partial charge on any atom is -0.469 e. The van der Waals surface area contributed by atoms with E-state index >= 15 is 0 Å². The fourth-order valence-electron chi connectivity index (χ4n) is 2.17. The lowest BCUT2D eigenvalue weighted by Gasteiger charge is -2.19.